The van der Waals surface area contributed by atoms with Gasteiger partial charge in [0.2, 0.25) is 5.75 Å². The molecule has 0 fully saturated rings. The van der Waals surface area contributed by atoms with E-state index in [1.807, 2.05) is 124 Å². The summed E-state index contributed by atoms with van der Waals surface area (Å²) in [5.41, 5.74) is 4.33. The van der Waals surface area contributed by atoms with E-state index in [2.05, 4.69) is 4.98 Å². The third-order valence-corrected chi connectivity index (χ3v) is 7.92. The number of fused-ring (bicyclic) bond motifs is 1. The molecule has 6 rings (SSSR count). The van der Waals surface area contributed by atoms with Gasteiger partial charge in [-0.15, -0.1) is 0 Å². The molecular weight excluding hydrogens is 642 g/mol. The molecule has 0 saturated carbocycles. The van der Waals surface area contributed by atoms with Gasteiger partial charge in [0.15, 0.2) is 11.5 Å². The maximum absolute atomic E-state index is 13.8. The van der Waals surface area contributed by atoms with Crippen molar-refractivity contribution in [2.24, 2.45) is 0 Å². The number of nitrogens with one attached hydrogen (secondary N) is 1. The smallest absolute Gasteiger partial charge is 0.343 e. The molecule has 0 bridgehead atoms. The third kappa shape index (κ3) is 9.79. The molecule has 0 spiro atoms. The summed E-state index contributed by atoms with van der Waals surface area (Å²) >= 11 is 0. The number of aryl methyl sites for hydroxylation is 1. The van der Waals surface area contributed by atoms with Crippen LogP contribution in [0.25, 0.3) is 10.9 Å². The van der Waals surface area contributed by atoms with Gasteiger partial charge in [-0.3, -0.25) is 4.79 Å². The summed E-state index contributed by atoms with van der Waals surface area (Å²) in [5, 5.41) is 0.854. The summed E-state index contributed by atoms with van der Waals surface area (Å²) in [7, 11) is 0. The predicted octanol–water partition coefficient (Wildman–Crippen LogP) is 9.40. The van der Waals surface area contributed by atoms with E-state index in [1.165, 1.54) is 0 Å². The minimum absolute atomic E-state index is 0.227. The Kier molecular flexibility index (Phi) is 11.0. The number of hydrogen-bond acceptors (Lipinski definition) is 7. The molecule has 0 aliphatic carbocycles. The molecule has 8 nitrogen and oxygen atoms in total. The highest BCUT2D eigenvalue weighted by molar-refractivity contribution is 5.93. The van der Waals surface area contributed by atoms with Gasteiger partial charge in [0, 0.05) is 23.5 Å². The maximum Gasteiger partial charge on any atom is 0.343 e. The molecule has 0 saturated heterocycles. The number of carbonyl (C=O) groups excluding carboxylic acids is 2. The van der Waals surface area contributed by atoms with Crippen molar-refractivity contribution in [2.75, 3.05) is 0 Å². The van der Waals surface area contributed by atoms with E-state index in [0.717, 1.165) is 33.2 Å². The zero-order chi connectivity index (χ0) is 35.6. The molecule has 0 amide bonds. The van der Waals surface area contributed by atoms with Crippen molar-refractivity contribution in [1.29, 1.82) is 0 Å². The molecular formula is C43H41NO7. The average Bonchev–Trinajstić information content (AvgIpc) is 3.54. The summed E-state index contributed by atoms with van der Waals surface area (Å²) in [6.45, 7) is 6.30. The molecule has 6 aromatic rings. The quantitative estimate of drug-likeness (QED) is 0.0903. The van der Waals surface area contributed by atoms with Crippen molar-refractivity contribution < 1.29 is 33.3 Å². The van der Waals surface area contributed by atoms with E-state index < -0.39 is 11.6 Å². The first-order valence-electron chi connectivity index (χ1n) is 16.9. The van der Waals surface area contributed by atoms with E-state index in [1.54, 1.807) is 24.3 Å². The lowest BCUT2D eigenvalue weighted by Gasteiger charge is -2.19. The molecule has 0 atom stereocenters. The van der Waals surface area contributed by atoms with Crippen LogP contribution in [-0.4, -0.2) is 22.5 Å². The summed E-state index contributed by atoms with van der Waals surface area (Å²) in [5.74, 6) is 0.560. The van der Waals surface area contributed by atoms with Gasteiger partial charge in [-0.2, -0.15) is 0 Å². The van der Waals surface area contributed by atoms with E-state index >= 15 is 0 Å². The highest BCUT2D eigenvalue weighted by Crippen LogP contribution is 2.41. The van der Waals surface area contributed by atoms with Gasteiger partial charge < -0.3 is 28.7 Å². The number of esters is 2. The molecule has 1 N–H and O–H groups in total. The van der Waals surface area contributed by atoms with E-state index in [-0.39, 0.29) is 37.8 Å². The van der Waals surface area contributed by atoms with E-state index in [9.17, 15) is 9.59 Å². The Morgan fingerprint density at radius 1 is 0.647 bits per heavy atom. The third-order valence-electron chi connectivity index (χ3n) is 7.92. The van der Waals surface area contributed by atoms with Crippen LogP contribution in [0.5, 0.6) is 23.0 Å². The Hall–Kier alpha value is -6.02. The first-order valence-corrected chi connectivity index (χ1v) is 16.9. The fourth-order valence-corrected chi connectivity index (χ4v) is 5.47. The standard InChI is InChI=1S/C43H41NO7/c1-43(2,3)51-40(45)22-19-33-26-44-37-21-20-35(25-36(33)37)50-42(46)34-23-38(47-27-30-13-7-4-8-14-30)41(49-29-32-17-11-6-12-18-32)39(24-34)48-28-31-15-9-5-10-16-31/h4-18,20-21,23-26,44H,19,22,27-29H2,1-3H3. The highest BCUT2D eigenvalue weighted by atomic mass is 16.6. The van der Waals surface area contributed by atoms with Gasteiger partial charge in [-0.1, -0.05) is 91.0 Å². The van der Waals surface area contributed by atoms with Crippen molar-refractivity contribution >= 4 is 22.8 Å². The van der Waals surface area contributed by atoms with Crippen LogP contribution in [0.3, 0.4) is 0 Å². The van der Waals surface area contributed by atoms with E-state index in [0.29, 0.717) is 29.4 Å². The second kappa shape index (κ2) is 16.1. The van der Waals surface area contributed by atoms with Crippen LogP contribution in [0.15, 0.2) is 128 Å². The molecule has 0 aliphatic rings. The maximum atomic E-state index is 13.8. The number of benzene rings is 5. The minimum Gasteiger partial charge on any atom is -0.485 e. The summed E-state index contributed by atoms with van der Waals surface area (Å²) in [6, 6.07) is 38.0. The normalized spacial score (nSPS) is 11.2. The van der Waals surface area contributed by atoms with Crippen molar-refractivity contribution in [1.82, 2.24) is 4.98 Å². The average molecular weight is 684 g/mol. The molecule has 1 aromatic heterocycles. The van der Waals surface area contributed by atoms with Crippen LogP contribution in [0.4, 0.5) is 0 Å². The Labute approximate surface area is 297 Å². The minimum atomic E-state index is -0.594. The van der Waals surface area contributed by atoms with Crippen molar-refractivity contribution in [2.45, 2.75) is 59.0 Å². The second-order valence-electron chi connectivity index (χ2n) is 13.1. The Morgan fingerprint density at radius 3 is 1.71 bits per heavy atom. The topological polar surface area (TPSA) is 96.1 Å². The van der Waals surface area contributed by atoms with Crippen LogP contribution in [0.2, 0.25) is 0 Å². The number of H-pyrrole nitrogens is 1. The van der Waals surface area contributed by atoms with Crippen LogP contribution in [0.1, 0.15) is 59.8 Å². The van der Waals surface area contributed by atoms with Gasteiger partial charge in [-0.05, 0) is 79.8 Å². The van der Waals surface area contributed by atoms with Gasteiger partial charge in [-0.25, -0.2) is 4.79 Å². The largest absolute Gasteiger partial charge is 0.485 e. The monoisotopic (exact) mass is 683 g/mol. The van der Waals surface area contributed by atoms with Gasteiger partial charge in [0.25, 0.3) is 0 Å². The zero-order valence-electron chi connectivity index (χ0n) is 29.0. The molecule has 0 unspecified atom stereocenters. The van der Waals surface area contributed by atoms with E-state index in [4.69, 9.17) is 23.7 Å². The molecule has 5 aromatic carbocycles. The molecule has 0 radical (unpaired) electrons. The van der Waals surface area contributed by atoms with Crippen LogP contribution < -0.4 is 18.9 Å². The van der Waals surface area contributed by atoms with Crippen LogP contribution >= 0.6 is 0 Å². The first-order chi connectivity index (χ1) is 24.7. The van der Waals surface area contributed by atoms with Gasteiger partial charge >= 0.3 is 11.9 Å². The Balaban J connectivity index is 1.29. The summed E-state index contributed by atoms with van der Waals surface area (Å²) in [4.78, 5) is 29.4. The fourth-order valence-electron chi connectivity index (χ4n) is 5.47. The number of hydrogen-bond donors (Lipinski definition) is 1. The van der Waals surface area contributed by atoms with Crippen molar-refractivity contribution in [3.63, 3.8) is 0 Å². The number of aromatic amines is 1. The van der Waals surface area contributed by atoms with Gasteiger partial charge in [0.05, 0.1) is 5.56 Å². The molecule has 0 aliphatic heterocycles. The Bertz CT molecular complexity index is 2000. The second-order valence-corrected chi connectivity index (χ2v) is 13.1. The number of rotatable bonds is 14. The van der Waals surface area contributed by atoms with Gasteiger partial charge in [0.1, 0.15) is 31.2 Å². The molecule has 1 heterocycles. The lowest BCUT2D eigenvalue weighted by atomic mass is 10.1. The highest BCUT2D eigenvalue weighted by Gasteiger charge is 2.22. The molecule has 51 heavy (non-hydrogen) atoms. The number of aromatic nitrogens is 1. The number of carbonyl (C=O) groups is 2. The first kappa shape index (κ1) is 34.8. The SMILES string of the molecule is CC(C)(C)OC(=O)CCc1c[nH]c2ccc(OC(=O)c3cc(OCc4ccccc4)c(OCc4ccccc4)c(OCc4ccccc4)c3)cc12. The summed E-state index contributed by atoms with van der Waals surface area (Å²) in [6.07, 6.45) is 2.56. The molecule has 260 valence electrons. The Morgan fingerprint density at radius 2 is 1.18 bits per heavy atom. The van der Waals surface area contributed by atoms with Crippen molar-refractivity contribution in [3.8, 4) is 23.0 Å². The molecule has 8 heteroatoms. The van der Waals surface area contributed by atoms with Crippen molar-refractivity contribution in [3.05, 3.63) is 155 Å². The van der Waals surface area contributed by atoms with Crippen LogP contribution in [-0.2, 0) is 35.8 Å². The number of ether oxygens (including phenoxy) is 5. The lowest BCUT2D eigenvalue weighted by molar-refractivity contribution is -0.154. The summed E-state index contributed by atoms with van der Waals surface area (Å²) < 4.78 is 30.4. The zero-order valence-corrected chi connectivity index (χ0v) is 29.0. The fraction of sp³-hybridized carbons (Fsp3) is 0.209. The lowest BCUT2D eigenvalue weighted by Crippen LogP contribution is -2.23. The predicted molar refractivity (Wildman–Crippen MR) is 196 cm³/mol. The van der Waals surface area contributed by atoms with Crippen LogP contribution in [0, 0.1) is 0 Å².